The first-order valence-corrected chi connectivity index (χ1v) is 8.50. The SMILES string of the molecule is C\C=C/C(C)=C(\C=C(/C)N(C)c1ccc(CC)cc1)OCCC. The van der Waals surface area contributed by atoms with Crippen LogP contribution in [0.2, 0.25) is 0 Å². The van der Waals surface area contributed by atoms with Crippen molar-refractivity contribution in [3.05, 3.63) is 65.1 Å². The van der Waals surface area contributed by atoms with E-state index in [0.29, 0.717) is 0 Å². The Hall–Kier alpha value is -1.96. The number of hydrogen-bond donors (Lipinski definition) is 0. The summed E-state index contributed by atoms with van der Waals surface area (Å²) in [6, 6.07) is 8.72. The van der Waals surface area contributed by atoms with E-state index >= 15 is 0 Å². The van der Waals surface area contributed by atoms with E-state index in [1.807, 2.05) is 13.0 Å². The van der Waals surface area contributed by atoms with E-state index in [1.165, 1.54) is 11.3 Å². The van der Waals surface area contributed by atoms with Crippen molar-refractivity contribution < 1.29 is 4.74 Å². The fourth-order valence-corrected chi connectivity index (χ4v) is 2.26. The van der Waals surface area contributed by atoms with E-state index in [-0.39, 0.29) is 0 Å². The molecule has 0 atom stereocenters. The third-order valence-corrected chi connectivity index (χ3v) is 3.87. The minimum atomic E-state index is 0.739. The predicted molar refractivity (Wildman–Crippen MR) is 102 cm³/mol. The summed E-state index contributed by atoms with van der Waals surface area (Å²) >= 11 is 0. The molecule has 0 heterocycles. The smallest absolute Gasteiger partial charge is 0.123 e. The average Bonchev–Trinajstić information content (AvgIpc) is 2.57. The molecule has 0 amide bonds. The molecular weight excluding hydrogens is 282 g/mol. The molecule has 0 saturated carbocycles. The van der Waals surface area contributed by atoms with Gasteiger partial charge in [0, 0.05) is 18.4 Å². The number of anilines is 1. The van der Waals surface area contributed by atoms with Crippen molar-refractivity contribution in [1.29, 1.82) is 0 Å². The number of aryl methyl sites for hydroxylation is 1. The van der Waals surface area contributed by atoms with Gasteiger partial charge >= 0.3 is 0 Å². The molecule has 0 aliphatic carbocycles. The van der Waals surface area contributed by atoms with E-state index in [9.17, 15) is 0 Å². The zero-order chi connectivity index (χ0) is 17.2. The standard InChI is InChI=1S/C21H31NO/c1-7-10-17(4)21(23-15-8-2)16-18(5)22(6)20-13-11-19(9-3)12-14-20/h7,10-14,16H,8-9,15H2,1-6H3/b10-7-,18-16+,21-17+. The third-order valence-electron chi connectivity index (χ3n) is 3.87. The van der Waals surface area contributed by atoms with E-state index in [2.05, 4.69) is 76.1 Å². The zero-order valence-electron chi connectivity index (χ0n) is 15.5. The van der Waals surface area contributed by atoms with Crippen LogP contribution in [0.5, 0.6) is 0 Å². The fourth-order valence-electron chi connectivity index (χ4n) is 2.26. The predicted octanol–water partition coefficient (Wildman–Crippen LogP) is 5.87. The van der Waals surface area contributed by atoms with Crippen LogP contribution in [0.15, 0.2) is 59.5 Å². The molecule has 0 unspecified atom stereocenters. The van der Waals surface area contributed by atoms with Crippen LogP contribution >= 0.6 is 0 Å². The minimum absolute atomic E-state index is 0.739. The lowest BCUT2D eigenvalue weighted by Crippen LogP contribution is -2.14. The second-order valence-electron chi connectivity index (χ2n) is 5.76. The van der Waals surface area contributed by atoms with Gasteiger partial charge in [-0.3, -0.25) is 0 Å². The van der Waals surface area contributed by atoms with Crippen molar-refractivity contribution in [3.8, 4) is 0 Å². The molecule has 1 aromatic rings. The number of nitrogens with zero attached hydrogens (tertiary/aromatic N) is 1. The molecule has 2 nitrogen and oxygen atoms in total. The third kappa shape index (κ3) is 5.97. The van der Waals surface area contributed by atoms with Crippen LogP contribution in [-0.4, -0.2) is 13.7 Å². The summed E-state index contributed by atoms with van der Waals surface area (Å²) in [5, 5.41) is 0. The van der Waals surface area contributed by atoms with E-state index in [4.69, 9.17) is 4.74 Å². The van der Waals surface area contributed by atoms with Crippen LogP contribution in [-0.2, 0) is 11.2 Å². The van der Waals surface area contributed by atoms with E-state index in [0.717, 1.165) is 36.5 Å². The second kappa shape index (κ2) is 9.94. The average molecular weight is 313 g/mol. The Morgan fingerprint density at radius 1 is 1.13 bits per heavy atom. The molecule has 23 heavy (non-hydrogen) atoms. The molecule has 1 aromatic carbocycles. The van der Waals surface area contributed by atoms with Gasteiger partial charge in [-0.1, -0.05) is 38.1 Å². The topological polar surface area (TPSA) is 12.5 Å². The molecule has 0 spiro atoms. The molecule has 0 radical (unpaired) electrons. The second-order valence-corrected chi connectivity index (χ2v) is 5.76. The minimum Gasteiger partial charge on any atom is -0.493 e. The zero-order valence-corrected chi connectivity index (χ0v) is 15.5. The highest BCUT2D eigenvalue weighted by Gasteiger charge is 2.06. The lowest BCUT2D eigenvalue weighted by molar-refractivity contribution is 0.222. The number of rotatable bonds is 8. The Kier molecular flexibility index (Phi) is 8.25. The van der Waals surface area contributed by atoms with E-state index in [1.54, 1.807) is 0 Å². The normalized spacial score (nSPS) is 13.2. The van der Waals surface area contributed by atoms with Gasteiger partial charge in [0.05, 0.1) is 6.61 Å². The molecule has 2 heteroatoms. The Bertz CT molecular complexity index is 564. The molecule has 1 rings (SSSR count). The molecule has 126 valence electrons. The van der Waals surface area contributed by atoms with Crippen LogP contribution in [0.3, 0.4) is 0 Å². The van der Waals surface area contributed by atoms with Crippen LogP contribution in [0.4, 0.5) is 5.69 Å². The lowest BCUT2D eigenvalue weighted by Gasteiger charge is -2.21. The molecule has 0 aliphatic heterocycles. The first kappa shape index (κ1) is 19.1. The van der Waals surface area contributed by atoms with Crippen LogP contribution in [0.1, 0.15) is 46.6 Å². The number of ether oxygens (including phenoxy) is 1. The molecule has 0 N–H and O–H groups in total. The van der Waals surface area contributed by atoms with Gasteiger partial charge in [0.2, 0.25) is 0 Å². The Morgan fingerprint density at radius 2 is 1.78 bits per heavy atom. The highest BCUT2D eigenvalue weighted by Crippen LogP contribution is 2.20. The van der Waals surface area contributed by atoms with Gasteiger partial charge < -0.3 is 9.64 Å². The molecule has 0 bridgehead atoms. The maximum Gasteiger partial charge on any atom is 0.123 e. The van der Waals surface area contributed by atoms with Gasteiger partial charge in [0.25, 0.3) is 0 Å². The largest absolute Gasteiger partial charge is 0.493 e. The first-order valence-electron chi connectivity index (χ1n) is 8.50. The number of hydrogen-bond acceptors (Lipinski definition) is 2. The summed E-state index contributed by atoms with van der Waals surface area (Å²) < 4.78 is 5.92. The maximum absolute atomic E-state index is 5.92. The van der Waals surface area contributed by atoms with Crippen LogP contribution in [0, 0.1) is 0 Å². The van der Waals surface area contributed by atoms with Crippen molar-refractivity contribution in [2.45, 2.75) is 47.5 Å². The Balaban J connectivity index is 3.02. The van der Waals surface area contributed by atoms with Crippen molar-refractivity contribution in [2.24, 2.45) is 0 Å². The highest BCUT2D eigenvalue weighted by molar-refractivity contribution is 5.52. The number of allylic oxidation sites excluding steroid dienone is 5. The van der Waals surface area contributed by atoms with Crippen molar-refractivity contribution >= 4 is 5.69 Å². The van der Waals surface area contributed by atoms with Crippen LogP contribution in [0.25, 0.3) is 0 Å². The van der Waals surface area contributed by atoms with Gasteiger partial charge in [0.15, 0.2) is 0 Å². The monoisotopic (exact) mass is 313 g/mol. The molecular formula is C21H31NO. The van der Waals surface area contributed by atoms with Gasteiger partial charge in [-0.15, -0.1) is 0 Å². The summed E-state index contributed by atoms with van der Waals surface area (Å²) in [7, 11) is 2.09. The molecule has 0 saturated heterocycles. The van der Waals surface area contributed by atoms with Gasteiger partial charge in [-0.05, 0) is 63.0 Å². The number of benzene rings is 1. The highest BCUT2D eigenvalue weighted by atomic mass is 16.5. The van der Waals surface area contributed by atoms with Gasteiger partial charge in [-0.25, -0.2) is 0 Å². The summed E-state index contributed by atoms with van der Waals surface area (Å²) in [5.74, 6) is 0.944. The Labute approximate surface area is 142 Å². The van der Waals surface area contributed by atoms with Gasteiger partial charge in [0.1, 0.15) is 5.76 Å². The Morgan fingerprint density at radius 3 is 2.30 bits per heavy atom. The summed E-state index contributed by atoms with van der Waals surface area (Å²) in [4.78, 5) is 2.19. The maximum atomic E-state index is 5.92. The summed E-state index contributed by atoms with van der Waals surface area (Å²) in [5.41, 5.74) is 4.85. The van der Waals surface area contributed by atoms with Crippen molar-refractivity contribution in [1.82, 2.24) is 0 Å². The molecule has 0 fully saturated rings. The molecule has 0 aliphatic rings. The molecule has 0 aromatic heterocycles. The quantitative estimate of drug-likeness (QED) is 0.440. The van der Waals surface area contributed by atoms with Gasteiger partial charge in [-0.2, -0.15) is 0 Å². The van der Waals surface area contributed by atoms with Crippen molar-refractivity contribution in [3.63, 3.8) is 0 Å². The summed E-state index contributed by atoms with van der Waals surface area (Å²) in [6.07, 6.45) is 8.33. The summed E-state index contributed by atoms with van der Waals surface area (Å²) in [6.45, 7) is 11.3. The lowest BCUT2D eigenvalue weighted by atomic mass is 10.1. The van der Waals surface area contributed by atoms with E-state index < -0.39 is 0 Å². The van der Waals surface area contributed by atoms with Crippen molar-refractivity contribution in [2.75, 3.05) is 18.6 Å². The van der Waals surface area contributed by atoms with Crippen LogP contribution < -0.4 is 4.90 Å². The first-order chi connectivity index (χ1) is 11.0. The fraction of sp³-hybridized carbons (Fsp3) is 0.429.